The lowest BCUT2D eigenvalue weighted by Crippen LogP contribution is -2.32. The van der Waals surface area contributed by atoms with Crippen molar-refractivity contribution in [1.82, 2.24) is 5.32 Å². The van der Waals surface area contributed by atoms with Gasteiger partial charge in [-0.15, -0.1) is 0 Å². The summed E-state index contributed by atoms with van der Waals surface area (Å²) in [5, 5.41) is 6.42. The summed E-state index contributed by atoms with van der Waals surface area (Å²) >= 11 is 2.03. The van der Waals surface area contributed by atoms with E-state index >= 15 is 0 Å². The molecule has 1 fully saturated rings. The lowest BCUT2D eigenvalue weighted by atomic mass is 10.1. The van der Waals surface area contributed by atoms with Gasteiger partial charge in [-0.25, -0.2) is 4.39 Å². The van der Waals surface area contributed by atoms with Gasteiger partial charge in [-0.3, -0.25) is 4.79 Å². The number of halogens is 1. The highest BCUT2D eigenvalue weighted by atomic mass is 32.2. The first-order chi connectivity index (χ1) is 11.7. The van der Waals surface area contributed by atoms with Crippen molar-refractivity contribution in [3.05, 3.63) is 65.5 Å². The fourth-order valence-corrected chi connectivity index (χ4v) is 3.78. The van der Waals surface area contributed by atoms with Crippen molar-refractivity contribution in [3.8, 4) is 0 Å². The second-order valence-electron chi connectivity index (χ2n) is 5.93. The maximum absolute atomic E-state index is 12.9. The normalized spacial score (nSPS) is 15.2. The zero-order valence-electron chi connectivity index (χ0n) is 13.4. The first kappa shape index (κ1) is 17.0. The molecule has 24 heavy (non-hydrogen) atoms. The van der Waals surface area contributed by atoms with Crippen molar-refractivity contribution in [1.29, 1.82) is 0 Å². The van der Waals surface area contributed by atoms with Gasteiger partial charge >= 0.3 is 0 Å². The molecule has 0 saturated carbocycles. The molecule has 1 amide bonds. The van der Waals surface area contributed by atoms with Gasteiger partial charge in [0, 0.05) is 23.8 Å². The van der Waals surface area contributed by atoms with Crippen LogP contribution >= 0.6 is 11.8 Å². The van der Waals surface area contributed by atoms with Crippen LogP contribution in [-0.2, 0) is 6.54 Å². The smallest absolute Gasteiger partial charge is 0.255 e. The van der Waals surface area contributed by atoms with Crippen LogP contribution in [0.1, 0.15) is 28.8 Å². The van der Waals surface area contributed by atoms with Crippen molar-refractivity contribution >= 4 is 23.4 Å². The lowest BCUT2D eigenvalue weighted by Gasteiger charge is -2.22. The number of hydrogen-bond donors (Lipinski definition) is 2. The van der Waals surface area contributed by atoms with E-state index in [9.17, 15) is 9.18 Å². The van der Waals surface area contributed by atoms with Crippen molar-refractivity contribution in [2.75, 3.05) is 16.8 Å². The van der Waals surface area contributed by atoms with Gasteiger partial charge in [0.1, 0.15) is 5.82 Å². The van der Waals surface area contributed by atoms with Crippen LogP contribution in [0.5, 0.6) is 0 Å². The number of rotatable bonds is 5. The largest absolute Gasteiger partial charge is 0.322 e. The molecule has 1 saturated heterocycles. The van der Waals surface area contributed by atoms with Crippen LogP contribution in [0.2, 0.25) is 0 Å². The third-order valence-electron chi connectivity index (χ3n) is 4.13. The second-order valence-corrected chi connectivity index (χ2v) is 7.15. The molecule has 0 aromatic heterocycles. The third kappa shape index (κ3) is 4.82. The van der Waals surface area contributed by atoms with Crippen LogP contribution in [0.4, 0.5) is 10.1 Å². The quantitative estimate of drug-likeness (QED) is 0.859. The molecule has 2 aromatic rings. The molecular weight excluding hydrogens is 323 g/mol. The number of carbonyl (C=O) groups excluding carboxylic acids is 1. The topological polar surface area (TPSA) is 41.1 Å². The summed E-state index contributed by atoms with van der Waals surface area (Å²) in [5.74, 6) is 1.90. The zero-order valence-corrected chi connectivity index (χ0v) is 14.2. The molecule has 2 aromatic carbocycles. The molecule has 0 atom stereocenters. The number of carbonyl (C=O) groups is 1. The van der Waals surface area contributed by atoms with Crippen LogP contribution in [0, 0.1) is 5.82 Å². The predicted molar refractivity (Wildman–Crippen MR) is 98.0 cm³/mol. The molecule has 5 heteroatoms. The number of amides is 1. The summed E-state index contributed by atoms with van der Waals surface area (Å²) in [6.45, 7) is 0.849. The average molecular weight is 344 g/mol. The fourth-order valence-electron chi connectivity index (χ4n) is 2.67. The fraction of sp³-hybridized carbons (Fsp3) is 0.316. The Morgan fingerprint density at radius 1 is 1.04 bits per heavy atom. The SMILES string of the molecule is O=C(Nc1ccc(CNC2CCSCC2)cc1)c1ccc(F)cc1. The predicted octanol–water partition coefficient (Wildman–Crippen LogP) is 4.06. The zero-order chi connectivity index (χ0) is 16.8. The number of thioether (sulfide) groups is 1. The van der Waals surface area contributed by atoms with E-state index in [1.165, 1.54) is 54.2 Å². The summed E-state index contributed by atoms with van der Waals surface area (Å²) < 4.78 is 12.9. The molecule has 0 aliphatic carbocycles. The molecule has 2 N–H and O–H groups in total. The molecule has 0 spiro atoms. The Bertz CT molecular complexity index is 667. The van der Waals surface area contributed by atoms with Gasteiger partial charge in [0.25, 0.3) is 5.91 Å². The van der Waals surface area contributed by atoms with Crippen LogP contribution in [0.3, 0.4) is 0 Å². The Morgan fingerprint density at radius 2 is 1.71 bits per heavy atom. The molecule has 1 aliphatic rings. The minimum atomic E-state index is -0.347. The highest BCUT2D eigenvalue weighted by molar-refractivity contribution is 7.99. The summed E-state index contributed by atoms with van der Waals surface area (Å²) in [4.78, 5) is 12.1. The van der Waals surface area contributed by atoms with Gasteiger partial charge in [-0.2, -0.15) is 11.8 Å². The molecule has 126 valence electrons. The molecule has 1 heterocycles. The molecular formula is C19H21FN2OS. The van der Waals surface area contributed by atoms with Gasteiger partial charge in [-0.1, -0.05) is 12.1 Å². The maximum Gasteiger partial charge on any atom is 0.255 e. The molecule has 0 radical (unpaired) electrons. The van der Waals surface area contributed by atoms with Crippen LogP contribution in [-0.4, -0.2) is 23.5 Å². The van der Waals surface area contributed by atoms with Crippen LogP contribution in [0.15, 0.2) is 48.5 Å². The van der Waals surface area contributed by atoms with Crippen LogP contribution < -0.4 is 10.6 Å². The van der Waals surface area contributed by atoms with E-state index in [1.54, 1.807) is 0 Å². The Hall–Kier alpha value is -1.85. The highest BCUT2D eigenvalue weighted by Gasteiger charge is 2.12. The van der Waals surface area contributed by atoms with Gasteiger partial charge in [0.05, 0.1) is 0 Å². The van der Waals surface area contributed by atoms with E-state index in [4.69, 9.17) is 0 Å². The number of nitrogens with one attached hydrogen (secondary N) is 2. The standard InChI is InChI=1S/C19H21FN2OS/c20-16-5-3-15(4-6-16)19(23)22-18-7-1-14(2-8-18)13-21-17-9-11-24-12-10-17/h1-8,17,21H,9-13H2,(H,22,23). The van der Waals surface area contributed by atoms with Gasteiger partial charge < -0.3 is 10.6 Å². The third-order valence-corrected chi connectivity index (χ3v) is 5.18. The van der Waals surface area contributed by atoms with Crippen molar-refractivity contribution in [2.24, 2.45) is 0 Å². The summed E-state index contributed by atoms with van der Waals surface area (Å²) in [5.41, 5.74) is 2.38. The molecule has 1 aliphatic heterocycles. The number of anilines is 1. The van der Waals surface area contributed by atoms with Crippen molar-refractivity contribution in [2.45, 2.75) is 25.4 Å². The Kier molecular flexibility index (Phi) is 5.88. The second kappa shape index (κ2) is 8.31. The summed E-state index contributed by atoms with van der Waals surface area (Å²) in [7, 11) is 0. The molecule has 3 nitrogen and oxygen atoms in total. The Balaban J connectivity index is 1.52. The van der Waals surface area contributed by atoms with Crippen LogP contribution in [0.25, 0.3) is 0 Å². The minimum absolute atomic E-state index is 0.236. The van der Waals surface area contributed by atoms with E-state index < -0.39 is 0 Å². The van der Waals surface area contributed by atoms with E-state index in [0.717, 1.165) is 12.2 Å². The maximum atomic E-state index is 12.9. The van der Waals surface area contributed by atoms with E-state index in [-0.39, 0.29) is 11.7 Å². The van der Waals surface area contributed by atoms with Gasteiger partial charge in [-0.05, 0) is 66.3 Å². The monoisotopic (exact) mass is 344 g/mol. The van der Waals surface area contributed by atoms with Gasteiger partial charge in [0.15, 0.2) is 0 Å². The number of hydrogen-bond acceptors (Lipinski definition) is 3. The number of benzene rings is 2. The minimum Gasteiger partial charge on any atom is -0.322 e. The molecule has 3 rings (SSSR count). The summed E-state index contributed by atoms with van der Waals surface area (Å²) in [6.07, 6.45) is 2.47. The lowest BCUT2D eigenvalue weighted by molar-refractivity contribution is 0.102. The highest BCUT2D eigenvalue weighted by Crippen LogP contribution is 2.18. The first-order valence-corrected chi connectivity index (χ1v) is 9.33. The van der Waals surface area contributed by atoms with E-state index in [0.29, 0.717) is 11.6 Å². The van der Waals surface area contributed by atoms with Crippen molar-refractivity contribution < 1.29 is 9.18 Å². The van der Waals surface area contributed by atoms with Crippen molar-refractivity contribution in [3.63, 3.8) is 0 Å². The van der Waals surface area contributed by atoms with E-state index in [1.807, 2.05) is 36.0 Å². The average Bonchev–Trinajstić information content (AvgIpc) is 2.62. The van der Waals surface area contributed by atoms with E-state index in [2.05, 4.69) is 10.6 Å². The first-order valence-electron chi connectivity index (χ1n) is 8.18. The molecule has 0 unspecified atom stereocenters. The van der Waals surface area contributed by atoms with Gasteiger partial charge in [0.2, 0.25) is 0 Å². The Morgan fingerprint density at radius 3 is 2.38 bits per heavy atom. The molecule has 0 bridgehead atoms. The Labute approximate surface area is 146 Å². The summed E-state index contributed by atoms with van der Waals surface area (Å²) in [6, 6.07) is 14.0.